The quantitative estimate of drug-likeness (QED) is 0.514. The SMILES string of the molecule is Cc1ncsc1C(=O)NCc1ncc(-n2ccc(-c3ccc(C#N)c(F)c3)n2)cc1F. The van der Waals surface area contributed by atoms with Crippen molar-refractivity contribution < 1.29 is 13.6 Å². The Kier molecular flexibility index (Phi) is 5.51. The Balaban J connectivity index is 1.50. The van der Waals surface area contributed by atoms with Gasteiger partial charge in [0.05, 0.1) is 46.6 Å². The highest BCUT2D eigenvalue weighted by Gasteiger charge is 2.14. The van der Waals surface area contributed by atoms with Gasteiger partial charge in [-0.3, -0.25) is 9.78 Å². The van der Waals surface area contributed by atoms with Crippen molar-refractivity contribution in [1.29, 1.82) is 5.26 Å². The highest BCUT2D eigenvalue weighted by Crippen LogP contribution is 2.21. The molecule has 4 aromatic rings. The summed E-state index contributed by atoms with van der Waals surface area (Å²) < 4.78 is 29.8. The van der Waals surface area contributed by atoms with Crippen LogP contribution in [0.25, 0.3) is 16.9 Å². The van der Waals surface area contributed by atoms with Crippen LogP contribution in [0.5, 0.6) is 0 Å². The Morgan fingerprint density at radius 2 is 2.06 bits per heavy atom. The van der Waals surface area contributed by atoms with Crippen LogP contribution >= 0.6 is 11.3 Å². The second-order valence-electron chi connectivity index (χ2n) is 6.52. The van der Waals surface area contributed by atoms with Crippen molar-refractivity contribution in [2.24, 2.45) is 0 Å². The number of benzene rings is 1. The maximum Gasteiger partial charge on any atom is 0.263 e. The van der Waals surface area contributed by atoms with Crippen LogP contribution in [0, 0.1) is 29.9 Å². The Morgan fingerprint density at radius 1 is 1.23 bits per heavy atom. The van der Waals surface area contributed by atoms with E-state index in [-0.39, 0.29) is 23.7 Å². The van der Waals surface area contributed by atoms with Crippen LogP contribution in [-0.2, 0) is 6.54 Å². The zero-order valence-corrected chi connectivity index (χ0v) is 17.0. The van der Waals surface area contributed by atoms with Gasteiger partial charge in [0.15, 0.2) is 0 Å². The molecule has 0 spiro atoms. The number of carbonyl (C=O) groups excluding carboxylic acids is 1. The number of rotatable bonds is 5. The minimum atomic E-state index is -0.637. The van der Waals surface area contributed by atoms with E-state index in [0.717, 1.165) is 0 Å². The molecule has 0 aliphatic rings. The molecule has 0 fully saturated rings. The first kappa shape index (κ1) is 20.3. The summed E-state index contributed by atoms with van der Waals surface area (Å²) in [7, 11) is 0. The van der Waals surface area contributed by atoms with Gasteiger partial charge in [0, 0.05) is 17.8 Å². The average molecular weight is 436 g/mol. The molecule has 0 atom stereocenters. The van der Waals surface area contributed by atoms with Gasteiger partial charge in [-0.2, -0.15) is 10.4 Å². The number of hydrogen-bond acceptors (Lipinski definition) is 6. The normalized spacial score (nSPS) is 10.6. The summed E-state index contributed by atoms with van der Waals surface area (Å²) in [6.07, 6.45) is 3.02. The van der Waals surface area contributed by atoms with Gasteiger partial charge in [0.25, 0.3) is 5.91 Å². The summed E-state index contributed by atoms with van der Waals surface area (Å²) in [5.74, 6) is -1.57. The number of hydrogen-bond donors (Lipinski definition) is 1. The molecule has 154 valence electrons. The molecule has 7 nitrogen and oxygen atoms in total. The average Bonchev–Trinajstić information content (AvgIpc) is 3.42. The number of halogens is 2. The standard InChI is InChI=1S/C21H14F2N6OS/c1-12-20(31-11-27-12)21(30)26-10-19-17(23)7-15(9-25-19)29-5-4-18(28-29)13-2-3-14(8-24)16(22)6-13/h2-7,9,11H,10H2,1H3,(H,26,30). The molecule has 0 aliphatic carbocycles. The Morgan fingerprint density at radius 3 is 2.74 bits per heavy atom. The van der Waals surface area contributed by atoms with Gasteiger partial charge in [-0.1, -0.05) is 6.07 Å². The number of nitriles is 1. The highest BCUT2D eigenvalue weighted by molar-refractivity contribution is 7.11. The molecule has 31 heavy (non-hydrogen) atoms. The van der Waals surface area contributed by atoms with E-state index in [9.17, 15) is 13.6 Å². The fraction of sp³-hybridized carbons (Fsp3) is 0.0952. The molecule has 3 heterocycles. The lowest BCUT2D eigenvalue weighted by molar-refractivity contribution is 0.0953. The molecule has 4 rings (SSSR count). The fourth-order valence-electron chi connectivity index (χ4n) is 2.86. The van der Waals surface area contributed by atoms with Crippen molar-refractivity contribution in [3.63, 3.8) is 0 Å². The zero-order valence-electron chi connectivity index (χ0n) is 16.1. The number of carbonyl (C=O) groups is 1. The molecule has 0 saturated heterocycles. The highest BCUT2D eigenvalue weighted by atomic mass is 32.1. The lowest BCUT2D eigenvalue weighted by Gasteiger charge is -2.07. The van der Waals surface area contributed by atoms with Crippen molar-refractivity contribution in [1.82, 2.24) is 25.1 Å². The van der Waals surface area contributed by atoms with E-state index < -0.39 is 11.6 Å². The maximum absolute atomic E-state index is 14.5. The van der Waals surface area contributed by atoms with E-state index in [1.807, 2.05) is 0 Å². The molecule has 0 unspecified atom stereocenters. The summed E-state index contributed by atoms with van der Waals surface area (Å²) in [5, 5.41) is 15.8. The zero-order chi connectivity index (χ0) is 22.0. The Labute approximate surface area is 179 Å². The smallest absolute Gasteiger partial charge is 0.263 e. The van der Waals surface area contributed by atoms with Crippen LogP contribution < -0.4 is 5.32 Å². The second-order valence-corrected chi connectivity index (χ2v) is 7.38. The van der Waals surface area contributed by atoms with Crippen LogP contribution in [-0.4, -0.2) is 25.7 Å². The summed E-state index contributed by atoms with van der Waals surface area (Å²) in [6.45, 7) is 1.65. The van der Waals surface area contributed by atoms with Gasteiger partial charge in [-0.25, -0.2) is 18.4 Å². The first-order chi connectivity index (χ1) is 15.0. The first-order valence-corrected chi connectivity index (χ1v) is 9.93. The van der Waals surface area contributed by atoms with Gasteiger partial charge in [-0.15, -0.1) is 11.3 Å². The van der Waals surface area contributed by atoms with E-state index in [4.69, 9.17) is 5.26 Å². The fourth-order valence-corrected chi connectivity index (χ4v) is 3.58. The summed E-state index contributed by atoms with van der Waals surface area (Å²) in [5.41, 5.74) is 3.53. The minimum absolute atomic E-state index is 0.0531. The van der Waals surface area contributed by atoms with Crippen molar-refractivity contribution >= 4 is 17.2 Å². The monoisotopic (exact) mass is 436 g/mol. The largest absolute Gasteiger partial charge is 0.346 e. The third-order valence-corrected chi connectivity index (χ3v) is 5.44. The molecule has 0 aliphatic heterocycles. The topological polar surface area (TPSA) is 96.5 Å². The Bertz CT molecular complexity index is 1320. The van der Waals surface area contributed by atoms with Crippen molar-refractivity contribution in [2.75, 3.05) is 0 Å². The van der Waals surface area contributed by atoms with Gasteiger partial charge >= 0.3 is 0 Å². The molecule has 1 aromatic carbocycles. The van der Waals surface area contributed by atoms with Crippen LogP contribution in [0.3, 0.4) is 0 Å². The number of nitrogens with zero attached hydrogens (tertiary/aromatic N) is 5. The van der Waals surface area contributed by atoms with Crippen LogP contribution in [0.2, 0.25) is 0 Å². The van der Waals surface area contributed by atoms with Crippen molar-refractivity contribution in [2.45, 2.75) is 13.5 Å². The van der Waals surface area contributed by atoms with E-state index in [1.165, 1.54) is 40.4 Å². The van der Waals surface area contributed by atoms with Gasteiger partial charge < -0.3 is 5.32 Å². The molecule has 1 N–H and O–H groups in total. The third-order valence-electron chi connectivity index (χ3n) is 4.51. The van der Waals surface area contributed by atoms with Gasteiger partial charge in [0.2, 0.25) is 0 Å². The number of amides is 1. The molecular weight excluding hydrogens is 422 g/mol. The van der Waals surface area contributed by atoms with E-state index in [2.05, 4.69) is 20.4 Å². The van der Waals surface area contributed by atoms with Crippen molar-refractivity contribution in [3.05, 3.63) is 81.7 Å². The number of thiazole rings is 1. The first-order valence-electron chi connectivity index (χ1n) is 9.05. The predicted octanol–water partition coefficient (Wildman–Crippen LogP) is 3.78. The number of aromatic nitrogens is 4. The Hall–Kier alpha value is -3.97. The summed E-state index contributed by atoms with van der Waals surface area (Å²) >= 11 is 1.21. The lowest BCUT2D eigenvalue weighted by atomic mass is 10.1. The lowest BCUT2D eigenvalue weighted by Crippen LogP contribution is -2.23. The molecule has 3 aromatic heterocycles. The molecule has 0 bridgehead atoms. The van der Waals surface area contributed by atoms with E-state index in [1.54, 1.807) is 36.8 Å². The molecular formula is C21H14F2N6OS. The maximum atomic E-state index is 14.5. The van der Waals surface area contributed by atoms with Crippen molar-refractivity contribution in [3.8, 4) is 23.0 Å². The van der Waals surface area contributed by atoms with Gasteiger partial charge in [-0.05, 0) is 25.1 Å². The number of pyridine rings is 1. The van der Waals surface area contributed by atoms with Crippen LogP contribution in [0.1, 0.15) is 26.6 Å². The van der Waals surface area contributed by atoms with Gasteiger partial charge in [0.1, 0.15) is 22.6 Å². The van der Waals surface area contributed by atoms with Crippen LogP contribution in [0.15, 0.2) is 48.2 Å². The third kappa shape index (κ3) is 4.17. The number of nitrogens with one attached hydrogen (secondary N) is 1. The molecule has 0 radical (unpaired) electrons. The minimum Gasteiger partial charge on any atom is -0.346 e. The second kappa shape index (κ2) is 8.41. The predicted molar refractivity (Wildman–Crippen MR) is 109 cm³/mol. The summed E-state index contributed by atoms with van der Waals surface area (Å²) in [4.78, 5) is 20.7. The molecule has 1 amide bonds. The van der Waals surface area contributed by atoms with Crippen LogP contribution in [0.4, 0.5) is 8.78 Å². The molecule has 0 saturated carbocycles. The summed E-state index contributed by atoms with van der Waals surface area (Å²) in [6, 6.07) is 8.85. The van der Waals surface area contributed by atoms with E-state index >= 15 is 0 Å². The van der Waals surface area contributed by atoms with E-state index in [0.29, 0.717) is 27.5 Å². The number of aryl methyl sites for hydroxylation is 1. The molecule has 10 heteroatoms.